The summed E-state index contributed by atoms with van der Waals surface area (Å²) in [5, 5.41) is 11.3. The number of hydrogen-bond donors (Lipinski definition) is 2. The number of sulfonamides is 1. The highest BCUT2D eigenvalue weighted by Gasteiger charge is 2.15. The van der Waals surface area contributed by atoms with Crippen molar-refractivity contribution in [3.63, 3.8) is 0 Å². The Kier molecular flexibility index (Phi) is 5.93. The molecule has 160 valence electrons. The lowest BCUT2D eigenvalue weighted by atomic mass is 10.2. The van der Waals surface area contributed by atoms with Crippen molar-refractivity contribution >= 4 is 32.7 Å². The predicted octanol–water partition coefficient (Wildman–Crippen LogP) is 3.33. The molecular weight excluding hydrogens is 430 g/mol. The van der Waals surface area contributed by atoms with E-state index in [1.165, 1.54) is 24.3 Å². The second-order valence-electron chi connectivity index (χ2n) is 6.70. The lowest BCUT2D eigenvalue weighted by Gasteiger charge is -2.07. The van der Waals surface area contributed by atoms with Gasteiger partial charge in [-0.1, -0.05) is 6.07 Å². The molecule has 4 aromatic rings. The highest BCUT2D eigenvalue weighted by Crippen LogP contribution is 2.25. The van der Waals surface area contributed by atoms with Crippen LogP contribution >= 0.6 is 0 Å². The molecule has 0 aliphatic heterocycles. The molecule has 0 saturated carbocycles. The van der Waals surface area contributed by atoms with Crippen LogP contribution in [0.2, 0.25) is 0 Å². The van der Waals surface area contributed by atoms with Gasteiger partial charge in [0.15, 0.2) is 5.58 Å². The Labute approximate surface area is 183 Å². The first kappa shape index (κ1) is 21.2. The topological polar surface area (TPSA) is 138 Å². The van der Waals surface area contributed by atoms with Gasteiger partial charge in [0.05, 0.1) is 11.0 Å². The van der Waals surface area contributed by atoms with Gasteiger partial charge >= 0.3 is 0 Å². The fourth-order valence-electron chi connectivity index (χ4n) is 2.91. The van der Waals surface area contributed by atoms with E-state index in [9.17, 15) is 13.2 Å². The molecular formula is C22H17N5O4S. The Morgan fingerprint density at radius 3 is 2.62 bits per heavy atom. The van der Waals surface area contributed by atoms with E-state index in [1.807, 2.05) is 12.1 Å². The van der Waals surface area contributed by atoms with Gasteiger partial charge in [0.2, 0.25) is 15.9 Å². The van der Waals surface area contributed by atoms with Crippen LogP contribution < -0.4 is 10.0 Å². The number of anilines is 1. The molecule has 4 rings (SSSR count). The molecule has 0 fully saturated rings. The smallest absolute Gasteiger partial charge is 0.255 e. The van der Waals surface area contributed by atoms with Crippen LogP contribution in [0.1, 0.15) is 16.8 Å². The van der Waals surface area contributed by atoms with Crippen LogP contribution in [0.25, 0.3) is 22.7 Å². The SMILES string of the molecule is N#CCCNS(=O)(=O)c1ccc(C(=O)Nc2ccc3nc(-c4ccccn4)oc3c2)cc1. The van der Waals surface area contributed by atoms with Crippen LogP contribution in [0.3, 0.4) is 0 Å². The maximum Gasteiger partial charge on any atom is 0.255 e. The molecule has 1 amide bonds. The fourth-order valence-corrected chi connectivity index (χ4v) is 3.95. The van der Waals surface area contributed by atoms with Crippen molar-refractivity contribution in [1.82, 2.24) is 14.7 Å². The molecule has 0 bridgehead atoms. The van der Waals surface area contributed by atoms with Crippen molar-refractivity contribution < 1.29 is 17.6 Å². The summed E-state index contributed by atoms with van der Waals surface area (Å²) >= 11 is 0. The zero-order valence-electron chi connectivity index (χ0n) is 16.6. The fraction of sp³-hybridized carbons (Fsp3) is 0.0909. The van der Waals surface area contributed by atoms with Crippen LogP contribution in [-0.4, -0.2) is 30.8 Å². The van der Waals surface area contributed by atoms with Gasteiger partial charge in [-0.25, -0.2) is 18.1 Å². The van der Waals surface area contributed by atoms with Gasteiger partial charge < -0.3 is 9.73 Å². The Morgan fingerprint density at radius 1 is 1.09 bits per heavy atom. The number of nitriles is 1. The van der Waals surface area contributed by atoms with Gasteiger partial charge in [-0.05, 0) is 48.5 Å². The van der Waals surface area contributed by atoms with Gasteiger partial charge in [-0.2, -0.15) is 5.26 Å². The molecule has 2 aromatic carbocycles. The molecule has 0 atom stereocenters. The van der Waals surface area contributed by atoms with Crippen LogP contribution in [0.5, 0.6) is 0 Å². The number of carbonyl (C=O) groups is 1. The number of rotatable bonds is 7. The molecule has 10 heteroatoms. The minimum absolute atomic E-state index is 0.0112. The molecule has 32 heavy (non-hydrogen) atoms. The third-order valence-corrected chi connectivity index (χ3v) is 5.96. The number of fused-ring (bicyclic) bond motifs is 1. The van der Waals surface area contributed by atoms with E-state index < -0.39 is 15.9 Å². The van der Waals surface area contributed by atoms with Crippen molar-refractivity contribution in [2.45, 2.75) is 11.3 Å². The van der Waals surface area contributed by atoms with Crippen molar-refractivity contribution in [1.29, 1.82) is 5.26 Å². The van der Waals surface area contributed by atoms with Crippen LogP contribution in [0, 0.1) is 11.3 Å². The zero-order valence-corrected chi connectivity index (χ0v) is 17.5. The van der Waals surface area contributed by atoms with E-state index in [0.29, 0.717) is 28.4 Å². The van der Waals surface area contributed by atoms with Gasteiger partial charge in [0, 0.05) is 36.5 Å². The normalized spacial score (nSPS) is 11.2. The van der Waals surface area contributed by atoms with Crippen LogP contribution in [0.15, 0.2) is 76.2 Å². The summed E-state index contributed by atoms with van der Waals surface area (Å²) in [6, 6.07) is 17.9. The predicted molar refractivity (Wildman–Crippen MR) is 117 cm³/mol. The largest absolute Gasteiger partial charge is 0.435 e. The second kappa shape index (κ2) is 8.97. The highest BCUT2D eigenvalue weighted by molar-refractivity contribution is 7.89. The zero-order chi connectivity index (χ0) is 22.6. The molecule has 0 spiro atoms. The summed E-state index contributed by atoms with van der Waals surface area (Å²) in [6.45, 7) is 0.0211. The molecule has 2 aromatic heterocycles. The third-order valence-electron chi connectivity index (χ3n) is 4.49. The van der Waals surface area contributed by atoms with Crippen LogP contribution in [-0.2, 0) is 10.0 Å². The lowest BCUT2D eigenvalue weighted by Crippen LogP contribution is -2.24. The average Bonchev–Trinajstić information content (AvgIpc) is 3.23. The first-order valence-electron chi connectivity index (χ1n) is 9.56. The quantitative estimate of drug-likeness (QED) is 0.414. The average molecular weight is 447 g/mol. The Balaban J connectivity index is 1.48. The number of hydrogen-bond acceptors (Lipinski definition) is 7. The van der Waals surface area contributed by atoms with Gasteiger partial charge in [0.1, 0.15) is 11.2 Å². The number of oxazole rings is 1. The molecule has 0 saturated heterocycles. The van der Waals surface area contributed by atoms with Crippen molar-refractivity contribution in [2.24, 2.45) is 0 Å². The van der Waals surface area contributed by atoms with Crippen molar-refractivity contribution in [3.05, 3.63) is 72.4 Å². The summed E-state index contributed by atoms with van der Waals surface area (Å²) in [6.07, 6.45) is 1.72. The Morgan fingerprint density at radius 2 is 1.91 bits per heavy atom. The van der Waals surface area contributed by atoms with Crippen LogP contribution in [0.4, 0.5) is 5.69 Å². The summed E-state index contributed by atoms with van der Waals surface area (Å²) in [5.74, 6) is -0.0283. The van der Waals surface area contributed by atoms with Gasteiger partial charge in [0.25, 0.3) is 5.91 Å². The number of nitrogens with one attached hydrogen (secondary N) is 2. The Bertz CT molecular complexity index is 1410. The lowest BCUT2D eigenvalue weighted by molar-refractivity contribution is 0.102. The van der Waals surface area contributed by atoms with Crippen molar-refractivity contribution in [2.75, 3.05) is 11.9 Å². The summed E-state index contributed by atoms with van der Waals surface area (Å²) in [7, 11) is -3.74. The number of nitrogens with zero attached hydrogens (tertiary/aromatic N) is 3. The van der Waals surface area contributed by atoms with E-state index in [2.05, 4.69) is 20.0 Å². The van der Waals surface area contributed by atoms with E-state index in [4.69, 9.17) is 9.68 Å². The van der Waals surface area contributed by atoms with E-state index >= 15 is 0 Å². The standard InChI is InChI=1S/C22H17N5O4S/c23-11-3-13-25-32(29,30)17-8-5-15(6-9-17)21(28)26-16-7-10-18-20(14-16)31-22(27-18)19-4-1-2-12-24-19/h1-2,4-10,12,14,25H,3,13H2,(H,26,28). The molecule has 0 unspecified atom stereocenters. The second-order valence-corrected chi connectivity index (χ2v) is 8.47. The molecule has 2 heterocycles. The number of benzene rings is 2. The molecule has 0 aliphatic rings. The van der Waals surface area contributed by atoms with E-state index in [-0.39, 0.29) is 23.4 Å². The monoisotopic (exact) mass is 447 g/mol. The minimum Gasteiger partial charge on any atom is -0.435 e. The maximum absolute atomic E-state index is 12.6. The highest BCUT2D eigenvalue weighted by atomic mass is 32.2. The Hall–Kier alpha value is -4.07. The number of aromatic nitrogens is 2. The number of pyridine rings is 1. The van der Waals surface area contributed by atoms with Crippen molar-refractivity contribution in [3.8, 4) is 17.7 Å². The minimum atomic E-state index is -3.74. The number of amides is 1. The molecule has 0 aliphatic carbocycles. The first-order chi connectivity index (χ1) is 15.5. The summed E-state index contributed by atoms with van der Waals surface area (Å²) < 4.78 is 32.4. The van der Waals surface area contributed by atoms with Gasteiger partial charge in [-0.15, -0.1) is 0 Å². The number of carbonyl (C=O) groups excluding carboxylic acids is 1. The molecule has 9 nitrogen and oxygen atoms in total. The summed E-state index contributed by atoms with van der Waals surface area (Å²) in [5.41, 5.74) is 2.51. The third kappa shape index (κ3) is 4.64. The van der Waals surface area contributed by atoms with Gasteiger partial charge in [-0.3, -0.25) is 9.78 Å². The molecule has 0 radical (unpaired) electrons. The first-order valence-corrected chi connectivity index (χ1v) is 11.0. The van der Waals surface area contributed by atoms with E-state index in [0.717, 1.165) is 0 Å². The molecule has 2 N–H and O–H groups in total. The maximum atomic E-state index is 12.6. The van der Waals surface area contributed by atoms with E-state index in [1.54, 1.807) is 36.5 Å². The summed E-state index contributed by atoms with van der Waals surface area (Å²) in [4.78, 5) is 21.2.